The van der Waals surface area contributed by atoms with Gasteiger partial charge in [0.15, 0.2) is 0 Å². The van der Waals surface area contributed by atoms with Crippen LogP contribution in [0.25, 0.3) is 0 Å². The molecule has 102 valence electrons. The smallest absolute Gasteiger partial charge is 0.0705 e. The molecular weight excluding hydrogens is 222 g/mol. The van der Waals surface area contributed by atoms with Crippen LogP contribution in [0.5, 0.6) is 0 Å². The van der Waals surface area contributed by atoms with Crippen LogP contribution in [-0.2, 0) is 6.42 Å². The van der Waals surface area contributed by atoms with Gasteiger partial charge in [0.25, 0.3) is 0 Å². The maximum absolute atomic E-state index is 10.1. The van der Waals surface area contributed by atoms with Gasteiger partial charge in [-0.2, -0.15) is 0 Å². The molecule has 0 radical (unpaired) electrons. The number of benzene rings is 1. The first kappa shape index (κ1) is 15.2. The summed E-state index contributed by atoms with van der Waals surface area (Å²) in [5.74, 6) is 0.625. The van der Waals surface area contributed by atoms with E-state index in [0.717, 1.165) is 13.0 Å². The highest BCUT2D eigenvalue weighted by atomic mass is 16.3. The Balaban J connectivity index is 2.56. The SMILES string of the molecule is Cc1cc(C)c(CC(O)CNCC(C)C)c(C)c1. The van der Waals surface area contributed by atoms with Crippen LogP contribution >= 0.6 is 0 Å². The van der Waals surface area contributed by atoms with Crippen molar-refractivity contribution in [3.63, 3.8) is 0 Å². The van der Waals surface area contributed by atoms with Crippen molar-refractivity contribution < 1.29 is 5.11 Å². The van der Waals surface area contributed by atoms with E-state index in [1.165, 1.54) is 22.3 Å². The average Bonchev–Trinajstić information content (AvgIpc) is 2.22. The van der Waals surface area contributed by atoms with E-state index in [9.17, 15) is 5.11 Å². The highest BCUT2D eigenvalue weighted by molar-refractivity contribution is 5.37. The summed E-state index contributed by atoms with van der Waals surface area (Å²) in [6, 6.07) is 4.38. The molecule has 18 heavy (non-hydrogen) atoms. The predicted molar refractivity (Wildman–Crippen MR) is 78.1 cm³/mol. The van der Waals surface area contributed by atoms with E-state index in [1.54, 1.807) is 0 Å². The summed E-state index contributed by atoms with van der Waals surface area (Å²) in [4.78, 5) is 0. The number of rotatable bonds is 6. The van der Waals surface area contributed by atoms with Crippen LogP contribution < -0.4 is 5.32 Å². The van der Waals surface area contributed by atoms with Crippen LogP contribution in [0.3, 0.4) is 0 Å². The summed E-state index contributed by atoms with van der Waals surface area (Å²) >= 11 is 0. The number of hydrogen-bond donors (Lipinski definition) is 2. The van der Waals surface area contributed by atoms with Crippen molar-refractivity contribution in [1.82, 2.24) is 5.32 Å². The molecule has 0 bridgehead atoms. The van der Waals surface area contributed by atoms with Crippen molar-refractivity contribution in [2.75, 3.05) is 13.1 Å². The van der Waals surface area contributed by atoms with E-state index < -0.39 is 0 Å². The van der Waals surface area contributed by atoms with Crippen molar-refractivity contribution >= 4 is 0 Å². The van der Waals surface area contributed by atoms with Gasteiger partial charge in [-0.1, -0.05) is 31.5 Å². The molecule has 0 amide bonds. The van der Waals surface area contributed by atoms with Gasteiger partial charge in [-0.25, -0.2) is 0 Å². The second-order valence-electron chi connectivity index (χ2n) is 5.79. The molecule has 0 saturated carbocycles. The Hall–Kier alpha value is -0.860. The van der Waals surface area contributed by atoms with E-state index in [0.29, 0.717) is 12.5 Å². The van der Waals surface area contributed by atoms with E-state index in [2.05, 4.69) is 52.1 Å². The summed E-state index contributed by atoms with van der Waals surface area (Å²) in [6.07, 6.45) is 0.437. The largest absolute Gasteiger partial charge is 0.391 e. The Labute approximate surface area is 111 Å². The fraction of sp³-hybridized carbons (Fsp3) is 0.625. The molecule has 1 rings (SSSR count). The highest BCUT2D eigenvalue weighted by Gasteiger charge is 2.10. The molecular formula is C16H27NO. The molecule has 0 fully saturated rings. The lowest BCUT2D eigenvalue weighted by atomic mass is 9.95. The van der Waals surface area contributed by atoms with Gasteiger partial charge in [0.1, 0.15) is 0 Å². The molecule has 2 heteroatoms. The maximum atomic E-state index is 10.1. The third kappa shape index (κ3) is 4.79. The molecule has 1 unspecified atom stereocenters. The summed E-state index contributed by atoms with van der Waals surface area (Å²) in [5.41, 5.74) is 5.16. The van der Waals surface area contributed by atoms with Crippen LogP contribution in [0.2, 0.25) is 0 Å². The molecule has 0 saturated heterocycles. The van der Waals surface area contributed by atoms with Gasteiger partial charge in [0.05, 0.1) is 6.10 Å². The summed E-state index contributed by atoms with van der Waals surface area (Å²) in [6.45, 7) is 12.4. The number of aryl methyl sites for hydroxylation is 3. The highest BCUT2D eigenvalue weighted by Crippen LogP contribution is 2.18. The minimum Gasteiger partial charge on any atom is -0.391 e. The van der Waals surface area contributed by atoms with E-state index in [-0.39, 0.29) is 6.10 Å². The zero-order chi connectivity index (χ0) is 13.7. The first-order valence-corrected chi connectivity index (χ1v) is 6.85. The van der Waals surface area contributed by atoms with E-state index >= 15 is 0 Å². The van der Waals surface area contributed by atoms with Gasteiger partial charge in [-0.05, 0) is 49.9 Å². The molecule has 2 nitrogen and oxygen atoms in total. The van der Waals surface area contributed by atoms with Crippen molar-refractivity contribution in [2.24, 2.45) is 5.92 Å². The van der Waals surface area contributed by atoms with Crippen LogP contribution in [0, 0.1) is 26.7 Å². The Bertz CT molecular complexity index is 362. The zero-order valence-electron chi connectivity index (χ0n) is 12.4. The lowest BCUT2D eigenvalue weighted by molar-refractivity contribution is 0.170. The topological polar surface area (TPSA) is 32.3 Å². The van der Waals surface area contributed by atoms with Crippen molar-refractivity contribution in [3.8, 4) is 0 Å². The second-order valence-corrected chi connectivity index (χ2v) is 5.79. The van der Waals surface area contributed by atoms with Crippen molar-refractivity contribution in [2.45, 2.75) is 47.1 Å². The number of hydrogen-bond acceptors (Lipinski definition) is 2. The predicted octanol–water partition coefficient (Wildman–Crippen LogP) is 2.76. The van der Waals surface area contributed by atoms with Crippen molar-refractivity contribution in [1.29, 1.82) is 0 Å². The van der Waals surface area contributed by atoms with Crippen LogP contribution in [0.4, 0.5) is 0 Å². The van der Waals surface area contributed by atoms with Crippen molar-refractivity contribution in [3.05, 3.63) is 34.4 Å². The number of aliphatic hydroxyl groups is 1. The maximum Gasteiger partial charge on any atom is 0.0705 e. The van der Waals surface area contributed by atoms with Gasteiger partial charge in [0, 0.05) is 13.0 Å². The minimum atomic E-state index is -0.302. The fourth-order valence-electron chi connectivity index (χ4n) is 2.38. The molecule has 0 aromatic heterocycles. The lowest BCUT2D eigenvalue weighted by Gasteiger charge is -2.17. The third-order valence-corrected chi connectivity index (χ3v) is 3.21. The fourth-order valence-corrected chi connectivity index (χ4v) is 2.38. The molecule has 0 spiro atoms. The zero-order valence-corrected chi connectivity index (χ0v) is 12.4. The molecule has 0 aliphatic rings. The second kappa shape index (κ2) is 6.91. The molecule has 2 N–H and O–H groups in total. The molecule has 1 atom stereocenters. The number of aliphatic hydroxyl groups excluding tert-OH is 1. The van der Waals surface area contributed by atoms with Gasteiger partial charge in [-0.3, -0.25) is 0 Å². The van der Waals surface area contributed by atoms with E-state index in [1.807, 2.05) is 0 Å². The monoisotopic (exact) mass is 249 g/mol. The first-order valence-electron chi connectivity index (χ1n) is 6.85. The summed E-state index contributed by atoms with van der Waals surface area (Å²) in [5, 5.41) is 13.4. The quantitative estimate of drug-likeness (QED) is 0.812. The van der Waals surface area contributed by atoms with E-state index in [4.69, 9.17) is 0 Å². The van der Waals surface area contributed by atoms with Gasteiger partial charge in [-0.15, -0.1) is 0 Å². The normalized spacial score (nSPS) is 13.1. The Morgan fingerprint density at radius 3 is 2.11 bits per heavy atom. The summed E-state index contributed by atoms with van der Waals surface area (Å²) in [7, 11) is 0. The third-order valence-electron chi connectivity index (χ3n) is 3.21. The van der Waals surface area contributed by atoms with Gasteiger partial charge >= 0.3 is 0 Å². The standard InChI is InChI=1S/C16H27NO/c1-11(2)9-17-10-15(18)8-16-13(4)6-12(3)7-14(16)5/h6-7,11,15,17-18H,8-10H2,1-5H3. The average molecular weight is 249 g/mol. The van der Waals surface area contributed by atoms with Gasteiger partial charge in [0.2, 0.25) is 0 Å². The minimum absolute atomic E-state index is 0.302. The Morgan fingerprint density at radius 1 is 1.06 bits per heavy atom. The van der Waals surface area contributed by atoms with Gasteiger partial charge < -0.3 is 10.4 Å². The van der Waals surface area contributed by atoms with Crippen LogP contribution in [0.15, 0.2) is 12.1 Å². The lowest BCUT2D eigenvalue weighted by Crippen LogP contribution is -2.31. The number of nitrogens with one attached hydrogen (secondary N) is 1. The molecule has 1 aromatic carbocycles. The van der Waals surface area contributed by atoms with Crippen LogP contribution in [-0.4, -0.2) is 24.3 Å². The molecule has 0 heterocycles. The Morgan fingerprint density at radius 2 is 1.61 bits per heavy atom. The molecule has 1 aromatic rings. The van der Waals surface area contributed by atoms with Crippen LogP contribution in [0.1, 0.15) is 36.1 Å². The summed E-state index contributed by atoms with van der Waals surface area (Å²) < 4.78 is 0. The molecule has 0 aliphatic heterocycles. The Kier molecular flexibility index (Phi) is 5.83. The first-order chi connectivity index (χ1) is 8.40. The molecule has 0 aliphatic carbocycles.